The van der Waals surface area contributed by atoms with Crippen molar-refractivity contribution in [3.05, 3.63) is 0 Å². The Morgan fingerprint density at radius 3 is 0.429 bits per heavy atom. The first kappa shape index (κ1) is 1540. The maximum atomic E-state index is 0. The molecule has 7 heavy (non-hydrogen) atoms. The summed E-state index contributed by atoms with van der Waals surface area (Å²) in [6, 6.07) is 0. The Morgan fingerprint density at radius 1 is 0.429 bits per heavy atom. The molecule has 0 amide bonds. The average Bonchev–Trinajstić information content (AvgIpc) is 0. The first-order valence-corrected chi connectivity index (χ1v) is 0. The first-order valence-electron chi connectivity index (χ1n) is 0. The molecular weight excluding hydrogens is 291 g/mol. The molecule has 0 aromatic heterocycles. The van der Waals surface area contributed by atoms with Crippen LogP contribution >= 0.6 is 0 Å². The number of rotatable bonds is 0. The van der Waals surface area contributed by atoms with Gasteiger partial charge in [-0.15, -0.1) is 0 Å². The zero-order valence-corrected chi connectivity index (χ0v) is 5.59. The van der Waals surface area contributed by atoms with Gasteiger partial charge in [0.1, 0.15) is 0 Å². The molecule has 0 aliphatic rings. The van der Waals surface area contributed by atoms with Crippen molar-refractivity contribution in [1.29, 1.82) is 0 Å². The minimum Gasteiger partial charge on any atom is -0.412 e. The van der Waals surface area contributed by atoms with Gasteiger partial charge in [-0.25, -0.2) is 0 Å². The van der Waals surface area contributed by atoms with Crippen LogP contribution in [-0.2, 0) is 21.1 Å². The van der Waals surface area contributed by atoms with Crippen LogP contribution in [0.4, 0.5) is 0 Å². The summed E-state index contributed by atoms with van der Waals surface area (Å²) < 4.78 is 0. The smallest absolute Gasteiger partial charge is 0.412 e. The van der Waals surface area contributed by atoms with Crippen molar-refractivity contribution in [3.8, 4) is 0 Å². The van der Waals surface area contributed by atoms with Crippen LogP contribution in [0.5, 0.6) is 0 Å². The van der Waals surface area contributed by atoms with E-state index in [1.807, 2.05) is 0 Å². The third-order valence-electron chi connectivity index (χ3n) is 0. The van der Waals surface area contributed by atoms with Gasteiger partial charge in [-0.3, -0.25) is 0 Å². The zero-order valence-electron chi connectivity index (χ0n) is 5.32. The van der Waals surface area contributed by atoms with E-state index in [-0.39, 0.29) is 56.8 Å². The third kappa shape index (κ3) is 635. The molecule has 0 rings (SSSR count). The molecule has 0 aromatic carbocycles. The van der Waals surface area contributed by atoms with Gasteiger partial charge in [-0.1, -0.05) is 0 Å². The molecular formula is H14O6Pt+2. The Hall–Kier alpha value is 0.448. The van der Waals surface area contributed by atoms with E-state index >= 15 is 0 Å². The van der Waals surface area contributed by atoms with Gasteiger partial charge in [0.05, 0.1) is 0 Å². The van der Waals surface area contributed by atoms with Crippen molar-refractivity contribution in [1.82, 2.24) is 0 Å². The topological polar surface area (TPSA) is 189 Å². The standard InChI is InChI=1S/6H2O.Pt/h6*1H2;/p+2. The maximum absolute atomic E-state index is 0. The molecule has 58 valence electrons. The zero-order chi connectivity index (χ0) is 0. The van der Waals surface area contributed by atoms with Gasteiger partial charge in [-0.05, 0) is 0 Å². The summed E-state index contributed by atoms with van der Waals surface area (Å²) in [5.74, 6) is 0. The monoisotopic (exact) mass is 305 g/mol. The fourth-order valence-corrected chi connectivity index (χ4v) is 0. The van der Waals surface area contributed by atoms with Crippen LogP contribution in [0.2, 0.25) is 0 Å². The van der Waals surface area contributed by atoms with Crippen molar-refractivity contribution in [2.45, 2.75) is 0 Å². The molecule has 0 heterocycles. The summed E-state index contributed by atoms with van der Waals surface area (Å²) in [6.07, 6.45) is 0. The van der Waals surface area contributed by atoms with Crippen molar-refractivity contribution in [2.75, 3.05) is 0 Å². The number of hydrogen-bond donors (Lipinski definition) is 0. The Labute approximate surface area is 57.6 Å². The van der Waals surface area contributed by atoms with Crippen LogP contribution in [0, 0.1) is 0 Å². The SMILES string of the molecule is O.O.O.O.O.O.[H+].[H+].[Pt]. The van der Waals surface area contributed by atoms with E-state index in [2.05, 4.69) is 0 Å². The van der Waals surface area contributed by atoms with Gasteiger partial charge in [-0.2, -0.15) is 0 Å². The quantitative estimate of drug-likeness (QED) is 0.416. The summed E-state index contributed by atoms with van der Waals surface area (Å²) >= 11 is 0. The third-order valence-corrected chi connectivity index (χ3v) is 0. The minimum atomic E-state index is 0. The van der Waals surface area contributed by atoms with Crippen LogP contribution in [0.25, 0.3) is 0 Å². The molecule has 6 nitrogen and oxygen atoms in total. The van der Waals surface area contributed by atoms with Gasteiger partial charge in [0.25, 0.3) is 0 Å². The molecule has 0 aromatic rings. The number of hydrogen-bond acceptors (Lipinski definition) is 0. The van der Waals surface area contributed by atoms with Gasteiger partial charge in [0.2, 0.25) is 0 Å². The molecule has 0 fully saturated rings. The molecule has 0 radical (unpaired) electrons. The molecule has 7 heteroatoms. The molecule has 0 saturated carbocycles. The normalized spacial score (nSPS) is 0. The molecule has 0 saturated heterocycles. The van der Waals surface area contributed by atoms with E-state index in [1.54, 1.807) is 0 Å². The summed E-state index contributed by atoms with van der Waals surface area (Å²) in [5, 5.41) is 0. The van der Waals surface area contributed by atoms with E-state index in [9.17, 15) is 0 Å². The Balaban J connectivity index is 0. The summed E-state index contributed by atoms with van der Waals surface area (Å²) in [7, 11) is 0. The molecule has 0 atom stereocenters. The maximum Gasteiger partial charge on any atom is 1.00 e. The molecule has 12 N–H and O–H groups in total. The predicted octanol–water partition coefficient (Wildman–Crippen LogP) is -4.73. The van der Waals surface area contributed by atoms with Crippen LogP contribution in [0.15, 0.2) is 0 Å². The van der Waals surface area contributed by atoms with Crippen molar-refractivity contribution >= 4 is 0 Å². The molecule has 0 spiro atoms. The van der Waals surface area contributed by atoms with E-state index in [1.165, 1.54) is 0 Å². The van der Waals surface area contributed by atoms with Crippen LogP contribution < -0.4 is 0 Å². The molecule has 0 unspecified atom stereocenters. The Kier molecular flexibility index (Phi) is 210000. The minimum absolute atomic E-state index is 0. The van der Waals surface area contributed by atoms with Crippen LogP contribution in [-0.4, -0.2) is 32.9 Å². The molecule has 0 aliphatic carbocycles. The second-order valence-electron chi connectivity index (χ2n) is 0. The van der Waals surface area contributed by atoms with Gasteiger partial charge in [0.15, 0.2) is 0 Å². The van der Waals surface area contributed by atoms with Gasteiger partial charge >= 0.3 is 2.85 Å². The fourth-order valence-electron chi connectivity index (χ4n) is 0. The van der Waals surface area contributed by atoms with Crippen molar-refractivity contribution < 1.29 is 56.8 Å². The second kappa shape index (κ2) is 952. The summed E-state index contributed by atoms with van der Waals surface area (Å²) in [6.45, 7) is 0. The van der Waals surface area contributed by atoms with Crippen LogP contribution in [0.1, 0.15) is 2.85 Å². The molecule has 0 bridgehead atoms. The van der Waals surface area contributed by atoms with Crippen molar-refractivity contribution in [2.24, 2.45) is 0 Å². The molecule has 0 aliphatic heterocycles. The van der Waals surface area contributed by atoms with E-state index in [0.29, 0.717) is 0 Å². The summed E-state index contributed by atoms with van der Waals surface area (Å²) in [5.41, 5.74) is 0. The Morgan fingerprint density at radius 2 is 0.429 bits per heavy atom. The Bertz CT molecular complexity index is 11.0. The van der Waals surface area contributed by atoms with Crippen LogP contribution in [0.3, 0.4) is 0 Å². The second-order valence-corrected chi connectivity index (χ2v) is 0. The largest absolute Gasteiger partial charge is 1.00 e. The van der Waals surface area contributed by atoms with Gasteiger partial charge in [0, 0.05) is 21.1 Å². The van der Waals surface area contributed by atoms with E-state index in [0.717, 1.165) is 0 Å². The average molecular weight is 305 g/mol. The first-order chi connectivity index (χ1) is 0. The van der Waals surface area contributed by atoms with E-state index in [4.69, 9.17) is 0 Å². The fraction of sp³-hybridized carbons (Fsp3) is 0. The van der Waals surface area contributed by atoms with Gasteiger partial charge < -0.3 is 32.9 Å². The predicted molar refractivity (Wildman–Crippen MR) is 23.9 cm³/mol. The van der Waals surface area contributed by atoms with Crippen molar-refractivity contribution in [3.63, 3.8) is 0 Å². The van der Waals surface area contributed by atoms with E-state index < -0.39 is 0 Å². The summed E-state index contributed by atoms with van der Waals surface area (Å²) in [4.78, 5) is 0.